The quantitative estimate of drug-likeness (QED) is 0.399. The van der Waals surface area contributed by atoms with Crippen LogP contribution >= 0.6 is 0 Å². The summed E-state index contributed by atoms with van der Waals surface area (Å²) < 4.78 is 5.66. The summed E-state index contributed by atoms with van der Waals surface area (Å²) in [6.45, 7) is 4.41. The third-order valence-electron chi connectivity index (χ3n) is 5.64. The number of carbonyl (C=O) groups excluding carboxylic acids is 1. The highest BCUT2D eigenvalue weighted by atomic mass is 16.7. The predicted molar refractivity (Wildman–Crippen MR) is 126 cm³/mol. The number of hydrogen-bond acceptors (Lipinski definition) is 3. The van der Waals surface area contributed by atoms with Gasteiger partial charge in [-0.2, -0.15) is 0 Å². The maximum Gasteiger partial charge on any atom is 0.444 e. The zero-order valence-electron chi connectivity index (χ0n) is 18.7. The minimum Gasteiger partial charge on any atom is -0.442 e. The third kappa shape index (κ3) is 4.86. The first-order valence-corrected chi connectivity index (χ1v) is 11.2. The van der Waals surface area contributed by atoms with Gasteiger partial charge in [-0.25, -0.2) is 4.79 Å². The number of carbonyl (C=O) groups is 1. The number of amides is 1. The van der Waals surface area contributed by atoms with Crippen molar-refractivity contribution in [3.8, 4) is 0 Å². The number of benzene rings is 3. The van der Waals surface area contributed by atoms with Crippen LogP contribution in [0.3, 0.4) is 0 Å². The highest BCUT2D eigenvalue weighted by Crippen LogP contribution is 2.45. The van der Waals surface area contributed by atoms with Gasteiger partial charge < -0.3 is 9.57 Å². The van der Waals surface area contributed by atoms with E-state index >= 15 is 0 Å². The first kappa shape index (κ1) is 21.7. The number of aryl methyl sites for hydroxylation is 1. The lowest BCUT2D eigenvalue weighted by atomic mass is 9.91. The van der Waals surface area contributed by atoms with E-state index in [1.807, 2.05) is 48.5 Å². The normalized spacial score (nSPS) is 15.6. The first-order valence-electron chi connectivity index (χ1n) is 11.2. The van der Waals surface area contributed by atoms with Gasteiger partial charge in [0.1, 0.15) is 18.4 Å². The summed E-state index contributed by atoms with van der Waals surface area (Å²) in [4.78, 5) is 19.4. The van der Waals surface area contributed by atoms with Crippen molar-refractivity contribution in [1.29, 1.82) is 0 Å². The maximum atomic E-state index is 13.2. The standard InChI is InChI=1S/C28H29NO3/c1-3-4-15-25-26(23-13-9-6-10-14-23)27(24-18-16-21(2)17-19-24)29(32-25)28(30)31-20-22-11-7-5-8-12-22/h5-14,16-19,27H,3-4,15,20H2,1-2H3. The molecule has 0 fully saturated rings. The molecule has 4 rings (SSSR count). The second kappa shape index (κ2) is 10.2. The summed E-state index contributed by atoms with van der Waals surface area (Å²) in [5.74, 6) is 0.834. The van der Waals surface area contributed by atoms with E-state index in [0.717, 1.165) is 47.3 Å². The smallest absolute Gasteiger partial charge is 0.442 e. The highest BCUT2D eigenvalue weighted by Gasteiger charge is 2.41. The Morgan fingerprint density at radius 2 is 1.59 bits per heavy atom. The van der Waals surface area contributed by atoms with E-state index in [0.29, 0.717) is 0 Å². The summed E-state index contributed by atoms with van der Waals surface area (Å²) in [6.07, 6.45) is 2.31. The summed E-state index contributed by atoms with van der Waals surface area (Å²) in [5.41, 5.74) is 5.19. The molecule has 4 heteroatoms. The van der Waals surface area contributed by atoms with Crippen molar-refractivity contribution in [2.45, 2.75) is 45.8 Å². The lowest BCUT2D eigenvalue weighted by Crippen LogP contribution is -2.31. The van der Waals surface area contributed by atoms with Gasteiger partial charge in [0.05, 0.1) is 0 Å². The Kier molecular flexibility index (Phi) is 6.90. The van der Waals surface area contributed by atoms with E-state index in [4.69, 9.17) is 9.57 Å². The van der Waals surface area contributed by atoms with E-state index in [9.17, 15) is 4.79 Å². The number of rotatable bonds is 7. The molecule has 1 aliphatic rings. The van der Waals surface area contributed by atoms with Crippen molar-refractivity contribution >= 4 is 11.7 Å². The molecule has 1 atom stereocenters. The molecule has 0 bridgehead atoms. The Labute approximate surface area is 190 Å². The van der Waals surface area contributed by atoms with Gasteiger partial charge in [-0.1, -0.05) is 104 Å². The molecule has 1 heterocycles. The second-order valence-corrected chi connectivity index (χ2v) is 8.08. The van der Waals surface area contributed by atoms with Crippen LogP contribution in [0.5, 0.6) is 0 Å². The summed E-state index contributed by atoms with van der Waals surface area (Å²) >= 11 is 0. The summed E-state index contributed by atoms with van der Waals surface area (Å²) in [5, 5.41) is 1.40. The van der Waals surface area contributed by atoms with Crippen LogP contribution in [0.2, 0.25) is 0 Å². The van der Waals surface area contributed by atoms with Gasteiger partial charge in [0, 0.05) is 12.0 Å². The number of unbranched alkanes of at least 4 members (excludes halogenated alkanes) is 1. The summed E-state index contributed by atoms with van der Waals surface area (Å²) in [7, 11) is 0. The molecular weight excluding hydrogens is 398 g/mol. The molecule has 3 aromatic rings. The molecule has 1 aliphatic heterocycles. The van der Waals surface area contributed by atoms with Crippen molar-refractivity contribution in [2.24, 2.45) is 0 Å². The largest absolute Gasteiger partial charge is 0.444 e. The van der Waals surface area contributed by atoms with Gasteiger partial charge in [0.25, 0.3) is 0 Å². The van der Waals surface area contributed by atoms with Gasteiger partial charge in [-0.05, 0) is 30.0 Å². The number of ether oxygens (including phenoxy) is 1. The van der Waals surface area contributed by atoms with Crippen molar-refractivity contribution in [2.75, 3.05) is 0 Å². The lowest BCUT2D eigenvalue weighted by molar-refractivity contribution is -0.102. The fourth-order valence-corrected chi connectivity index (χ4v) is 3.92. The SMILES string of the molecule is CCCCC1=C(c2ccccc2)C(c2ccc(C)cc2)N(C(=O)OCc2ccccc2)O1. The zero-order chi connectivity index (χ0) is 22.3. The molecule has 32 heavy (non-hydrogen) atoms. The molecule has 0 saturated carbocycles. The van der Waals surface area contributed by atoms with Crippen molar-refractivity contribution in [1.82, 2.24) is 5.06 Å². The van der Waals surface area contributed by atoms with Crippen LogP contribution in [0.4, 0.5) is 4.79 Å². The Morgan fingerprint density at radius 1 is 0.938 bits per heavy atom. The Morgan fingerprint density at radius 3 is 2.25 bits per heavy atom. The number of allylic oxidation sites excluding steroid dienone is 1. The second-order valence-electron chi connectivity index (χ2n) is 8.08. The van der Waals surface area contributed by atoms with Crippen LogP contribution in [0.25, 0.3) is 5.57 Å². The molecule has 1 amide bonds. The Balaban J connectivity index is 1.69. The molecule has 0 radical (unpaired) electrons. The molecule has 0 saturated heterocycles. The molecule has 0 aliphatic carbocycles. The summed E-state index contributed by atoms with van der Waals surface area (Å²) in [6, 6.07) is 27.8. The first-order chi connectivity index (χ1) is 15.7. The molecule has 0 aromatic heterocycles. The molecule has 0 N–H and O–H groups in total. The van der Waals surface area contributed by atoms with Gasteiger partial charge in [-0.15, -0.1) is 5.06 Å². The van der Waals surface area contributed by atoms with Crippen LogP contribution in [0, 0.1) is 6.92 Å². The minimum absolute atomic E-state index is 0.200. The van der Waals surface area contributed by atoms with E-state index in [1.54, 1.807) is 0 Å². The third-order valence-corrected chi connectivity index (χ3v) is 5.64. The van der Waals surface area contributed by atoms with Crippen molar-refractivity contribution in [3.05, 3.63) is 113 Å². The molecule has 164 valence electrons. The van der Waals surface area contributed by atoms with Gasteiger partial charge in [-0.3, -0.25) is 0 Å². The molecular formula is C28H29NO3. The average Bonchev–Trinajstić information content (AvgIpc) is 3.22. The van der Waals surface area contributed by atoms with Crippen LogP contribution in [-0.2, 0) is 16.2 Å². The van der Waals surface area contributed by atoms with Gasteiger partial charge in [0.15, 0.2) is 0 Å². The minimum atomic E-state index is -0.487. The topological polar surface area (TPSA) is 38.8 Å². The lowest BCUT2D eigenvalue weighted by Gasteiger charge is -2.24. The van der Waals surface area contributed by atoms with E-state index < -0.39 is 6.09 Å². The van der Waals surface area contributed by atoms with E-state index in [1.165, 1.54) is 10.6 Å². The number of hydroxylamine groups is 2. The van der Waals surface area contributed by atoms with Crippen LogP contribution in [0.1, 0.15) is 54.5 Å². The fourth-order valence-electron chi connectivity index (χ4n) is 3.92. The number of hydrogen-bond donors (Lipinski definition) is 0. The predicted octanol–water partition coefficient (Wildman–Crippen LogP) is 7.22. The van der Waals surface area contributed by atoms with Crippen LogP contribution in [-0.4, -0.2) is 11.2 Å². The fraction of sp³-hybridized carbons (Fsp3) is 0.250. The van der Waals surface area contributed by atoms with E-state index in [2.05, 4.69) is 50.2 Å². The van der Waals surface area contributed by atoms with Crippen molar-refractivity contribution in [3.63, 3.8) is 0 Å². The zero-order valence-corrected chi connectivity index (χ0v) is 18.7. The Bertz CT molecular complexity index is 1060. The molecule has 4 nitrogen and oxygen atoms in total. The average molecular weight is 428 g/mol. The van der Waals surface area contributed by atoms with Crippen LogP contribution < -0.4 is 0 Å². The molecule has 1 unspecified atom stereocenters. The monoisotopic (exact) mass is 427 g/mol. The van der Waals surface area contributed by atoms with Crippen molar-refractivity contribution < 1.29 is 14.4 Å². The number of nitrogens with zero attached hydrogens (tertiary/aromatic N) is 1. The molecule has 0 spiro atoms. The maximum absolute atomic E-state index is 13.2. The molecule has 3 aromatic carbocycles. The van der Waals surface area contributed by atoms with Gasteiger partial charge >= 0.3 is 6.09 Å². The van der Waals surface area contributed by atoms with Crippen LogP contribution in [0.15, 0.2) is 90.7 Å². The van der Waals surface area contributed by atoms with Gasteiger partial charge in [0.2, 0.25) is 0 Å². The van der Waals surface area contributed by atoms with E-state index in [-0.39, 0.29) is 12.6 Å². The highest BCUT2D eigenvalue weighted by molar-refractivity contribution is 5.80. The Hall–Kier alpha value is -3.53.